The van der Waals surface area contributed by atoms with E-state index in [1.54, 1.807) is 24.3 Å². The number of carbonyl (C=O) groups is 1. The third-order valence-electron chi connectivity index (χ3n) is 3.12. The maximum Gasteiger partial charge on any atom is 0.303 e. The van der Waals surface area contributed by atoms with Gasteiger partial charge < -0.3 is 9.47 Å². The molecule has 23 heavy (non-hydrogen) atoms. The van der Waals surface area contributed by atoms with E-state index in [1.165, 1.54) is 6.92 Å². The Labute approximate surface area is 134 Å². The lowest BCUT2D eigenvalue weighted by Gasteiger charge is -2.15. The first-order chi connectivity index (χ1) is 11.2. The van der Waals surface area contributed by atoms with Gasteiger partial charge in [0.1, 0.15) is 18.5 Å². The highest BCUT2D eigenvalue weighted by Gasteiger charge is 2.14. The van der Waals surface area contributed by atoms with Crippen LogP contribution >= 0.6 is 0 Å². The number of rotatable bonds is 7. The van der Waals surface area contributed by atoms with Crippen molar-refractivity contribution < 1.29 is 14.3 Å². The molecule has 2 rings (SSSR count). The molecule has 1 atom stereocenters. The fourth-order valence-electron chi connectivity index (χ4n) is 2.04. The van der Waals surface area contributed by atoms with Crippen LogP contribution in [0.2, 0.25) is 0 Å². The van der Waals surface area contributed by atoms with Crippen LogP contribution in [0.15, 0.2) is 59.7 Å². The number of nitrogens with zero attached hydrogens (tertiary/aromatic N) is 3. The molecule has 6 nitrogen and oxygen atoms in total. The predicted molar refractivity (Wildman–Crippen MR) is 85.7 cm³/mol. The average Bonchev–Trinajstić information content (AvgIpc) is 2.58. The van der Waals surface area contributed by atoms with E-state index in [-0.39, 0.29) is 6.54 Å². The van der Waals surface area contributed by atoms with E-state index >= 15 is 0 Å². The van der Waals surface area contributed by atoms with Gasteiger partial charge in [0.05, 0.1) is 6.54 Å². The van der Waals surface area contributed by atoms with Crippen LogP contribution in [0.3, 0.4) is 0 Å². The minimum absolute atomic E-state index is 0.0559. The Hall–Kier alpha value is -2.98. The first-order valence-corrected chi connectivity index (χ1v) is 7.14. The lowest BCUT2D eigenvalue weighted by Crippen LogP contribution is -2.11. The highest BCUT2D eigenvalue weighted by Crippen LogP contribution is 2.22. The number of ether oxygens (including phenoxy) is 2. The Kier molecular flexibility index (Phi) is 6.03. The second-order valence-corrected chi connectivity index (χ2v) is 4.85. The largest absolute Gasteiger partial charge is 0.489 e. The van der Waals surface area contributed by atoms with Crippen LogP contribution in [0.4, 0.5) is 0 Å². The van der Waals surface area contributed by atoms with E-state index < -0.39 is 12.1 Å². The summed E-state index contributed by atoms with van der Waals surface area (Å²) in [4.78, 5) is 13.8. The van der Waals surface area contributed by atoms with E-state index in [0.29, 0.717) is 12.4 Å². The van der Waals surface area contributed by atoms with Gasteiger partial charge in [0.15, 0.2) is 0 Å². The number of benzene rings is 2. The van der Waals surface area contributed by atoms with Crippen molar-refractivity contribution in [2.45, 2.75) is 19.6 Å². The highest BCUT2D eigenvalue weighted by atomic mass is 16.5. The summed E-state index contributed by atoms with van der Waals surface area (Å²) in [5.74, 6) is 0.288. The Morgan fingerprint density at radius 1 is 1.17 bits per heavy atom. The molecule has 0 spiro atoms. The molecule has 6 heteroatoms. The van der Waals surface area contributed by atoms with Crippen LogP contribution in [-0.2, 0) is 16.1 Å². The lowest BCUT2D eigenvalue weighted by atomic mass is 10.1. The second kappa shape index (κ2) is 8.46. The van der Waals surface area contributed by atoms with Crippen LogP contribution in [-0.4, -0.2) is 12.5 Å². The van der Waals surface area contributed by atoms with Crippen molar-refractivity contribution in [2.24, 2.45) is 5.11 Å². The average molecular weight is 311 g/mol. The topological polar surface area (TPSA) is 84.3 Å². The summed E-state index contributed by atoms with van der Waals surface area (Å²) in [6.45, 7) is 1.85. The Morgan fingerprint density at radius 3 is 2.48 bits per heavy atom. The maximum absolute atomic E-state index is 11.1. The molecule has 0 unspecified atom stereocenters. The van der Waals surface area contributed by atoms with Crippen molar-refractivity contribution in [2.75, 3.05) is 6.54 Å². The standard InChI is InChI=1S/C17H17N3O3/c1-13(21)23-17(11-19-20-18)15-7-9-16(10-8-15)22-12-14-5-3-2-4-6-14/h2-10,17H,11-12H2,1H3/t17-/m1/s1. The zero-order chi connectivity index (χ0) is 16.5. The van der Waals surface area contributed by atoms with Gasteiger partial charge >= 0.3 is 5.97 Å². The van der Waals surface area contributed by atoms with Gasteiger partial charge in [-0.05, 0) is 28.8 Å². The van der Waals surface area contributed by atoms with Gasteiger partial charge in [0.2, 0.25) is 0 Å². The Bertz CT molecular complexity index is 676. The second-order valence-electron chi connectivity index (χ2n) is 4.85. The Morgan fingerprint density at radius 2 is 1.87 bits per heavy atom. The summed E-state index contributed by atoms with van der Waals surface area (Å²) in [5.41, 5.74) is 10.2. The van der Waals surface area contributed by atoms with E-state index in [0.717, 1.165) is 11.1 Å². The van der Waals surface area contributed by atoms with Crippen LogP contribution in [0.25, 0.3) is 10.4 Å². The first kappa shape index (κ1) is 16.4. The van der Waals surface area contributed by atoms with Crippen LogP contribution in [0, 0.1) is 0 Å². The van der Waals surface area contributed by atoms with Gasteiger partial charge in [-0.2, -0.15) is 0 Å². The third kappa shape index (κ3) is 5.37. The van der Waals surface area contributed by atoms with Gasteiger partial charge in [0, 0.05) is 11.8 Å². The number of esters is 1. The molecule has 2 aromatic carbocycles. The number of hydrogen-bond donors (Lipinski definition) is 0. The SMILES string of the molecule is CC(=O)O[C@H](CN=[N+]=[N-])c1ccc(OCc2ccccc2)cc1. The normalized spacial score (nSPS) is 11.2. The summed E-state index contributed by atoms with van der Waals surface area (Å²) in [6, 6.07) is 17.0. The molecular weight excluding hydrogens is 294 g/mol. The van der Waals surface area contributed by atoms with Crippen LogP contribution < -0.4 is 4.74 Å². The van der Waals surface area contributed by atoms with Crippen molar-refractivity contribution in [1.82, 2.24) is 0 Å². The van der Waals surface area contributed by atoms with E-state index in [2.05, 4.69) is 10.0 Å². The van der Waals surface area contributed by atoms with Crippen molar-refractivity contribution in [1.29, 1.82) is 0 Å². The molecule has 0 bridgehead atoms. The predicted octanol–water partition coefficient (Wildman–Crippen LogP) is 4.18. The molecule has 0 amide bonds. The zero-order valence-corrected chi connectivity index (χ0v) is 12.8. The minimum Gasteiger partial charge on any atom is -0.489 e. The lowest BCUT2D eigenvalue weighted by molar-refractivity contribution is -0.146. The highest BCUT2D eigenvalue weighted by molar-refractivity contribution is 5.66. The van der Waals surface area contributed by atoms with E-state index in [9.17, 15) is 4.79 Å². The van der Waals surface area contributed by atoms with Crippen LogP contribution in [0.5, 0.6) is 5.75 Å². The van der Waals surface area contributed by atoms with Gasteiger partial charge in [-0.1, -0.05) is 47.6 Å². The Balaban J connectivity index is 2.01. The minimum atomic E-state index is -0.591. The van der Waals surface area contributed by atoms with E-state index in [1.807, 2.05) is 30.3 Å². The molecule has 0 saturated carbocycles. The van der Waals surface area contributed by atoms with Gasteiger partial charge in [0.25, 0.3) is 0 Å². The number of carbonyl (C=O) groups excluding carboxylic acids is 1. The third-order valence-corrected chi connectivity index (χ3v) is 3.12. The van der Waals surface area contributed by atoms with Gasteiger partial charge in [-0.15, -0.1) is 0 Å². The molecule has 0 radical (unpaired) electrons. The summed E-state index contributed by atoms with van der Waals surface area (Å²) >= 11 is 0. The van der Waals surface area contributed by atoms with Crippen molar-refractivity contribution in [3.8, 4) is 5.75 Å². The van der Waals surface area contributed by atoms with Gasteiger partial charge in [-0.25, -0.2) is 0 Å². The molecule has 0 fully saturated rings. The number of azide groups is 1. The number of hydrogen-bond acceptors (Lipinski definition) is 4. The molecule has 2 aromatic rings. The van der Waals surface area contributed by atoms with Crippen molar-refractivity contribution in [3.05, 3.63) is 76.2 Å². The zero-order valence-electron chi connectivity index (χ0n) is 12.8. The van der Waals surface area contributed by atoms with E-state index in [4.69, 9.17) is 15.0 Å². The van der Waals surface area contributed by atoms with Crippen molar-refractivity contribution in [3.63, 3.8) is 0 Å². The summed E-state index contributed by atoms with van der Waals surface area (Å²) in [6.07, 6.45) is -0.591. The molecule has 0 N–H and O–H groups in total. The molecule has 0 heterocycles. The molecule has 0 aliphatic carbocycles. The molecule has 0 saturated heterocycles. The fraction of sp³-hybridized carbons (Fsp3) is 0.235. The quantitative estimate of drug-likeness (QED) is 0.333. The summed E-state index contributed by atoms with van der Waals surface area (Å²) in [5, 5.41) is 3.47. The molecule has 118 valence electrons. The van der Waals surface area contributed by atoms with Crippen LogP contribution in [0.1, 0.15) is 24.2 Å². The molecule has 0 aliphatic rings. The first-order valence-electron chi connectivity index (χ1n) is 7.14. The summed E-state index contributed by atoms with van der Waals surface area (Å²) in [7, 11) is 0. The molecule has 0 aliphatic heterocycles. The van der Waals surface area contributed by atoms with Gasteiger partial charge in [-0.3, -0.25) is 4.79 Å². The monoisotopic (exact) mass is 311 g/mol. The molecule has 0 aromatic heterocycles. The smallest absolute Gasteiger partial charge is 0.303 e. The maximum atomic E-state index is 11.1. The molecular formula is C17H17N3O3. The van der Waals surface area contributed by atoms with Crippen molar-refractivity contribution >= 4 is 5.97 Å². The fourth-order valence-corrected chi connectivity index (χ4v) is 2.04. The summed E-state index contributed by atoms with van der Waals surface area (Å²) < 4.78 is 10.9.